The average molecular weight is 342 g/mol. The van der Waals surface area contributed by atoms with E-state index in [0.717, 1.165) is 10.5 Å². The molecular weight excluding hydrogens is 325 g/mol. The van der Waals surface area contributed by atoms with Crippen LogP contribution >= 0.6 is 0 Å². The zero-order valence-corrected chi connectivity index (χ0v) is 13.2. The van der Waals surface area contributed by atoms with E-state index >= 15 is 0 Å². The van der Waals surface area contributed by atoms with Gasteiger partial charge >= 0.3 is 6.18 Å². The third-order valence-corrected chi connectivity index (χ3v) is 4.82. The zero-order valence-electron chi connectivity index (χ0n) is 13.2. The van der Waals surface area contributed by atoms with Crippen LogP contribution in [0, 0.1) is 0 Å². The number of carbonyl (C=O) groups is 2. The Morgan fingerprint density at radius 1 is 1.33 bits per heavy atom. The monoisotopic (exact) mass is 342 g/mol. The highest BCUT2D eigenvalue weighted by atomic mass is 19.4. The van der Waals surface area contributed by atoms with Crippen molar-refractivity contribution in [1.82, 2.24) is 4.90 Å². The van der Waals surface area contributed by atoms with Gasteiger partial charge in [-0.1, -0.05) is 6.07 Å². The fourth-order valence-electron chi connectivity index (χ4n) is 3.11. The molecule has 1 aromatic carbocycles. The minimum absolute atomic E-state index is 0.177. The second-order valence-corrected chi connectivity index (χ2v) is 6.85. The zero-order chi connectivity index (χ0) is 17.9. The van der Waals surface area contributed by atoms with Crippen molar-refractivity contribution in [3.8, 4) is 0 Å². The molecule has 1 saturated heterocycles. The Balaban J connectivity index is 1.84. The first-order valence-electron chi connectivity index (χ1n) is 7.50. The maximum Gasteiger partial charge on any atom is 0.419 e. The molecule has 24 heavy (non-hydrogen) atoms. The van der Waals surface area contributed by atoms with Crippen molar-refractivity contribution in [3.63, 3.8) is 0 Å². The van der Waals surface area contributed by atoms with Crippen LogP contribution in [0.15, 0.2) is 18.2 Å². The molecular formula is C16H17F3N2O3. The first-order chi connectivity index (χ1) is 11.0. The van der Waals surface area contributed by atoms with Crippen LogP contribution in [0.3, 0.4) is 0 Å². The number of hydrogen-bond donors (Lipinski definition) is 2. The van der Waals surface area contributed by atoms with Gasteiger partial charge in [0, 0.05) is 24.2 Å². The van der Waals surface area contributed by atoms with Crippen molar-refractivity contribution >= 4 is 17.5 Å². The molecule has 0 bridgehead atoms. The molecule has 5 nitrogen and oxygen atoms in total. The molecule has 1 atom stereocenters. The maximum atomic E-state index is 12.9. The van der Waals surface area contributed by atoms with E-state index in [4.69, 9.17) is 0 Å². The van der Waals surface area contributed by atoms with E-state index in [1.54, 1.807) is 19.9 Å². The highest BCUT2D eigenvalue weighted by Gasteiger charge is 2.57. The lowest BCUT2D eigenvalue weighted by Crippen LogP contribution is -2.48. The lowest BCUT2D eigenvalue weighted by atomic mass is 9.86. The molecule has 0 aliphatic carbocycles. The molecule has 2 heterocycles. The summed E-state index contributed by atoms with van der Waals surface area (Å²) in [5, 5.41) is 12.4. The van der Waals surface area contributed by atoms with Crippen LogP contribution in [0.25, 0.3) is 0 Å². The molecule has 0 spiro atoms. The van der Waals surface area contributed by atoms with Crippen LogP contribution in [0.2, 0.25) is 0 Å². The summed E-state index contributed by atoms with van der Waals surface area (Å²) in [6.45, 7) is 2.53. The standard InChI is InChI=1S/C16H17F3N2O3/c1-14(2)10-4-3-9(7-11(10)20-13(14)23)12(22)21-6-5-15(24,8-21)16(17,18)19/h3-4,7,24H,5-6,8H2,1-2H3,(H,20,23). The number of alkyl halides is 3. The number of nitrogens with one attached hydrogen (secondary N) is 1. The molecule has 0 saturated carbocycles. The van der Waals surface area contributed by atoms with Crippen LogP contribution in [-0.2, 0) is 10.2 Å². The Hall–Kier alpha value is -2.09. The Morgan fingerprint density at radius 3 is 2.58 bits per heavy atom. The lowest BCUT2D eigenvalue weighted by molar-refractivity contribution is -0.253. The van der Waals surface area contributed by atoms with E-state index in [1.807, 2.05) is 0 Å². The Labute approximate surface area is 136 Å². The Bertz CT molecular complexity index is 730. The SMILES string of the molecule is CC1(C)C(=O)Nc2cc(C(=O)N3CCC(O)(C(F)(F)F)C3)ccc21. The van der Waals surface area contributed by atoms with E-state index in [0.29, 0.717) is 5.69 Å². The van der Waals surface area contributed by atoms with Crippen molar-refractivity contribution < 1.29 is 27.9 Å². The quantitative estimate of drug-likeness (QED) is 0.821. The van der Waals surface area contributed by atoms with E-state index in [-0.39, 0.29) is 18.0 Å². The first-order valence-corrected chi connectivity index (χ1v) is 7.50. The van der Waals surface area contributed by atoms with Crippen molar-refractivity contribution in [2.24, 2.45) is 0 Å². The van der Waals surface area contributed by atoms with Crippen molar-refractivity contribution in [2.45, 2.75) is 37.5 Å². The van der Waals surface area contributed by atoms with E-state index < -0.39 is 36.1 Å². The number of aliphatic hydroxyl groups is 1. The second-order valence-electron chi connectivity index (χ2n) is 6.85. The van der Waals surface area contributed by atoms with Gasteiger partial charge in [-0.05, 0) is 31.5 Å². The molecule has 2 amide bonds. The van der Waals surface area contributed by atoms with E-state index in [9.17, 15) is 27.9 Å². The van der Waals surface area contributed by atoms with Crippen LogP contribution < -0.4 is 5.32 Å². The molecule has 0 aromatic heterocycles. The van der Waals surface area contributed by atoms with Gasteiger partial charge in [-0.3, -0.25) is 9.59 Å². The third kappa shape index (κ3) is 2.36. The smallest absolute Gasteiger partial charge is 0.379 e. The molecule has 3 rings (SSSR count). The number of amides is 2. The third-order valence-electron chi connectivity index (χ3n) is 4.82. The minimum Gasteiger partial charge on any atom is -0.379 e. The molecule has 2 N–H and O–H groups in total. The molecule has 8 heteroatoms. The number of β-amino-alcohol motifs (C(OH)–C–C–N with tert-alkyl or cyclic N) is 1. The van der Waals surface area contributed by atoms with Crippen molar-refractivity contribution in [3.05, 3.63) is 29.3 Å². The second kappa shape index (κ2) is 4.95. The number of likely N-dealkylation sites (tertiary alicyclic amines) is 1. The predicted molar refractivity (Wildman–Crippen MR) is 79.6 cm³/mol. The number of hydrogen-bond acceptors (Lipinski definition) is 3. The molecule has 1 unspecified atom stereocenters. The van der Waals surface area contributed by atoms with Gasteiger partial charge in [0.25, 0.3) is 5.91 Å². The van der Waals surface area contributed by atoms with E-state index in [1.165, 1.54) is 12.1 Å². The van der Waals surface area contributed by atoms with Gasteiger partial charge in [0.2, 0.25) is 5.91 Å². The summed E-state index contributed by atoms with van der Waals surface area (Å²) in [5.74, 6) is -0.799. The minimum atomic E-state index is -4.78. The summed E-state index contributed by atoms with van der Waals surface area (Å²) < 4.78 is 38.6. The molecule has 2 aliphatic heterocycles. The van der Waals surface area contributed by atoms with Gasteiger partial charge in [0.15, 0.2) is 5.60 Å². The normalized spacial score (nSPS) is 25.6. The van der Waals surface area contributed by atoms with Crippen LogP contribution in [-0.4, -0.2) is 46.7 Å². The lowest BCUT2D eigenvalue weighted by Gasteiger charge is -2.26. The van der Waals surface area contributed by atoms with Crippen molar-refractivity contribution in [2.75, 3.05) is 18.4 Å². The first kappa shape index (κ1) is 16.8. The van der Waals surface area contributed by atoms with Crippen LogP contribution in [0.5, 0.6) is 0 Å². The van der Waals surface area contributed by atoms with Crippen LogP contribution in [0.1, 0.15) is 36.2 Å². The average Bonchev–Trinajstić information content (AvgIpc) is 2.98. The summed E-state index contributed by atoms with van der Waals surface area (Å²) in [5.41, 5.74) is -2.19. The summed E-state index contributed by atoms with van der Waals surface area (Å²) in [7, 11) is 0. The number of anilines is 1. The summed E-state index contributed by atoms with van der Waals surface area (Å²) >= 11 is 0. The van der Waals surface area contributed by atoms with Gasteiger partial charge in [0.05, 0.1) is 12.0 Å². The van der Waals surface area contributed by atoms with Gasteiger partial charge in [-0.15, -0.1) is 0 Å². The van der Waals surface area contributed by atoms with Crippen molar-refractivity contribution in [1.29, 1.82) is 0 Å². The number of rotatable bonds is 1. The maximum absolute atomic E-state index is 12.9. The summed E-state index contributed by atoms with van der Waals surface area (Å²) in [6, 6.07) is 4.59. The Morgan fingerprint density at radius 2 is 2.00 bits per heavy atom. The predicted octanol–water partition coefficient (Wildman–Crippen LogP) is 2.06. The number of carbonyl (C=O) groups excluding carboxylic acids is 2. The van der Waals surface area contributed by atoms with E-state index in [2.05, 4.69) is 5.32 Å². The molecule has 2 aliphatic rings. The van der Waals surface area contributed by atoms with Gasteiger partial charge < -0.3 is 15.3 Å². The topological polar surface area (TPSA) is 69.6 Å². The van der Waals surface area contributed by atoms with Gasteiger partial charge in [-0.2, -0.15) is 13.2 Å². The molecule has 0 radical (unpaired) electrons. The molecule has 130 valence electrons. The summed E-state index contributed by atoms with van der Waals surface area (Å²) in [6.07, 6.45) is -5.32. The highest BCUT2D eigenvalue weighted by molar-refractivity contribution is 6.07. The number of nitrogens with zero attached hydrogens (tertiary/aromatic N) is 1. The van der Waals surface area contributed by atoms with Gasteiger partial charge in [-0.25, -0.2) is 0 Å². The molecule has 1 fully saturated rings. The number of fused-ring (bicyclic) bond motifs is 1. The fraction of sp³-hybridized carbons (Fsp3) is 0.500. The summed E-state index contributed by atoms with van der Waals surface area (Å²) in [4.78, 5) is 25.3. The number of halogens is 3. The van der Waals surface area contributed by atoms with Crippen LogP contribution in [0.4, 0.5) is 18.9 Å². The largest absolute Gasteiger partial charge is 0.419 e. The molecule has 1 aromatic rings. The fourth-order valence-corrected chi connectivity index (χ4v) is 3.11. The highest BCUT2D eigenvalue weighted by Crippen LogP contribution is 2.40. The number of benzene rings is 1. The Kier molecular flexibility index (Phi) is 3.46. The van der Waals surface area contributed by atoms with Gasteiger partial charge in [0.1, 0.15) is 0 Å².